The van der Waals surface area contributed by atoms with Crippen molar-refractivity contribution in [1.82, 2.24) is 0 Å². The van der Waals surface area contributed by atoms with Crippen LogP contribution in [0.25, 0.3) is 5.57 Å². The van der Waals surface area contributed by atoms with E-state index >= 15 is 0 Å². The zero-order valence-electron chi connectivity index (χ0n) is 23.7. The molecule has 0 bridgehead atoms. The number of amides is 2. The van der Waals surface area contributed by atoms with Gasteiger partial charge >= 0.3 is 6.18 Å². The van der Waals surface area contributed by atoms with Crippen molar-refractivity contribution in [2.75, 3.05) is 30.0 Å². The maximum atomic E-state index is 13.2. The molecule has 6 nitrogen and oxygen atoms in total. The lowest BCUT2D eigenvalue weighted by Crippen LogP contribution is -2.44. The number of ether oxygens (including phenoxy) is 1. The van der Waals surface area contributed by atoms with Gasteiger partial charge in [0.15, 0.2) is 8.32 Å². The minimum atomic E-state index is -4.48. The molecule has 0 unspecified atom stereocenters. The van der Waals surface area contributed by atoms with Crippen molar-refractivity contribution in [2.45, 2.75) is 70.8 Å². The standard InChI is InChI=1S/C30H37F3N2O4Si/c1-29(2,3)40(4,5)39-17-15-35-25-10-6-9-24(23(25)13-14-28(35)37)34-27(36)18-20-8-7-16-38-26-19-21(30(31,32)33)11-12-22(20)26/h6,9-12,18-19H,7-8,13-17H2,1-5H3,(H,34,36)/b20-18+. The number of halogens is 3. The second-order valence-electron chi connectivity index (χ2n) is 11.8. The molecule has 0 saturated carbocycles. The summed E-state index contributed by atoms with van der Waals surface area (Å²) < 4.78 is 51.5. The molecule has 0 radical (unpaired) electrons. The molecule has 2 aromatic rings. The molecule has 0 aromatic heterocycles. The molecule has 10 heteroatoms. The predicted molar refractivity (Wildman–Crippen MR) is 153 cm³/mol. The fraction of sp³-hybridized carbons (Fsp3) is 0.467. The lowest BCUT2D eigenvalue weighted by atomic mass is 9.98. The first-order valence-electron chi connectivity index (χ1n) is 13.6. The predicted octanol–water partition coefficient (Wildman–Crippen LogP) is 7.20. The van der Waals surface area contributed by atoms with Gasteiger partial charge in [-0.1, -0.05) is 32.9 Å². The minimum Gasteiger partial charge on any atom is -0.493 e. The number of hydrogen-bond acceptors (Lipinski definition) is 4. The maximum absolute atomic E-state index is 13.2. The number of allylic oxidation sites excluding steroid dienone is 1. The Labute approximate surface area is 234 Å². The smallest absolute Gasteiger partial charge is 0.416 e. The van der Waals surface area contributed by atoms with Crippen LogP contribution in [0.4, 0.5) is 24.5 Å². The molecule has 0 saturated heterocycles. The number of alkyl halides is 3. The Morgan fingerprint density at radius 1 is 1.12 bits per heavy atom. The van der Waals surface area contributed by atoms with Crippen LogP contribution in [-0.4, -0.2) is 39.9 Å². The molecule has 216 valence electrons. The van der Waals surface area contributed by atoms with Gasteiger partial charge in [-0.3, -0.25) is 9.59 Å². The van der Waals surface area contributed by atoms with E-state index in [9.17, 15) is 22.8 Å². The van der Waals surface area contributed by atoms with Crippen LogP contribution in [0.5, 0.6) is 5.75 Å². The molecule has 0 spiro atoms. The van der Waals surface area contributed by atoms with Crippen molar-refractivity contribution in [1.29, 1.82) is 0 Å². The van der Waals surface area contributed by atoms with E-state index in [1.54, 1.807) is 17.0 Å². The number of carbonyl (C=O) groups excluding carboxylic acids is 2. The van der Waals surface area contributed by atoms with E-state index in [0.29, 0.717) is 55.7 Å². The summed E-state index contributed by atoms with van der Waals surface area (Å²) >= 11 is 0. The zero-order valence-corrected chi connectivity index (χ0v) is 24.7. The average Bonchev–Trinajstić information content (AvgIpc) is 3.06. The Bertz CT molecular complexity index is 1320. The monoisotopic (exact) mass is 574 g/mol. The summed E-state index contributed by atoms with van der Waals surface area (Å²) in [7, 11) is -1.96. The number of benzene rings is 2. The summed E-state index contributed by atoms with van der Waals surface area (Å²) in [6, 6.07) is 8.84. The summed E-state index contributed by atoms with van der Waals surface area (Å²) in [6.07, 6.45) is -1.16. The van der Waals surface area contributed by atoms with E-state index in [1.165, 1.54) is 12.1 Å². The number of hydrogen-bond donors (Lipinski definition) is 1. The average molecular weight is 575 g/mol. The number of nitrogens with one attached hydrogen (secondary N) is 1. The topological polar surface area (TPSA) is 67.9 Å². The highest BCUT2D eigenvalue weighted by molar-refractivity contribution is 6.74. The van der Waals surface area contributed by atoms with Gasteiger partial charge in [-0.05, 0) is 72.8 Å². The van der Waals surface area contributed by atoms with E-state index in [4.69, 9.17) is 9.16 Å². The quantitative estimate of drug-likeness (QED) is 0.293. The van der Waals surface area contributed by atoms with Crippen LogP contribution >= 0.6 is 0 Å². The molecule has 0 aliphatic carbocycles. The van der Waals surface area contributed by atoms with Crippen LogP contribution in [0, 0.1) is 0 Å². The van der Waals surface area contributed by atoms with Crippen molar-refractivity contribution < 1.29 is 31.9 Å². The fourth-order valence-corrected chi connectivity index (χ4v) is 5.74. The fourth-order valence-electron chi connectivity index (χ4n) is 4.70. The zero-order chi connectivity index (χ0) is 29.3. The van der Waals surface area contributed by atoms with Crippen molar-refractivity contribution in [3.05, 3.63) is 59.2 Å². The molecule has 4 rings (SSSR count). The van der Waals surface area contributed by atoms with Crippen molar-refractivity contribution >= 4 is 37.1 Å². The lowest BCUT2D eigenvalue weighted by Gasteiger charge is -2.37. The number of rotatable bonds is 6. The van der Waals surface area contributed by atoms with Gasteiger partial charge in [0.1, 0.15) is 5.75 Å². The van der Waals surface area contributed by atoms with E-state index in [2.05, 4.69) is 39.2 Å². The second kappa shape index (κ2) is 11.4. The molecule has 2 aliphatic rings. The lowest BCUT2D eigenvalue weighted by molar-refractivity contribution is -0.137. The molecule has 0 atom stereocenters. The van der Waals surface area contributed by atoms with Crippen LogP contribution in [-0.2, 0) is 26.6 Å². The highest BCUT2D eigenvalue weighted by Crippen LogP contribution is 2.39. The van der Waals surface area contributed by atoms with Crippen LogP contribution in [0.15, 0.2) is 42.5 Å². The molecule has 2 aliphatic heterocycles. The van der Waals surface area contributed by atoms with E-state index in [1.807, 2.05) is 6.07 Å². The third kappa shape index (κ3) is 6.60. The van der Waals surface area contributed by atoms with Gasteiger partial charge in [0.2, 0.25) is 11.8 Å². The Morgan fingerprint density at radius 3 is 2.58 bits per heavy atom. The Hall–Kier alpha value is -3.11. The summed E-state index contributed by atoms with van der Waals surface area (Å²) in [5.74, 6) is -0.247. The Balaban J connectivity index is 1.53. The first kappa shape index (κ1) is 29.9. The molecule has 40 heavy (non-hydrogen) atoms. The highest BCUT2D eigenvalue weighted by Gasteiger charge is 2.37. The van der Waals surface area contributed by atoms with Crippen LogP contribution in [0.1, 0.15) is 56.7 Å². The third-order valence-corrected chi connectivity index (χ3v) is 12.5. The Morgan fingerprint density at radius 2 is 1.88 bits per heavy atom. The summed E-state index contributed by atoms with van der Waals surface area (Å²) in [6.45, 7) is 12.0. The summed E-state index contributed by atoms with van der Waals surface area (Å²) in [5, 5.41) is 3.00. The molecule has 2 amide bonds. The molecule has 1 N–H and O–H groups in total. The van der Waals surface area contributed by atoms with Crippen molar-refractivity contribution in [3.8, 4) is 5.75 Å². The molecule has 2 aromatic carbocycles. The number of fused-ring (bicyclic) bond motifs is 2. The van der Waals surface area contributed by atoms with Gasteiger partial charge in [0.05, 0.1) is 18.8 Å². The van der Waals surface area contributed by atoms with Gasteiger partial charge in [-0.15, -0.1) is 0 Å². The largest absolute Gasteiger partial charge is 0.493 e. The van der Waals surface area contributed by atoms with Crippen LogP contribution in [0.2, 0.25) is 18.1 Å². The van der Waals surface area contributed by atoms with Gasteiger partial charge in [-0.2, -0.15) is 13.2 Å². The maximum Gasteiger partial charge on any atom is 0.416 e. The Kier molecular flexibility index (Phi) is 8.51. The van der Waals surface area contributed by atoms with Gasteiger partial charge in [-0.25, -0.2) is 0 Å². The SMILES string of the molecule is CC(C)(C)[Si](C)(C)OCCN1C(=O)CCc2c(NC(=O)/C=C3\CCCOc4cc(C(F)(F)F)ccc43)cccc21. The number of nitrogens with zero attached hydrogens (tertiary/aromatic N) is 1. The normalized spacial score (nSPS) is 17.1. The van der Waals surface area contributed by atoms with E-state index in [0.717, 1.165) is 23.4 Å². The summed E-state index contributed by atoms with van der Waals surface area (Å²) in [4.78, 5) is 27.7. The van der Waals surface area contributed by atoms with E-state index in [-0.39, 0.29) is 29.2 Å². The highest BCUT2D eigenvalue weighted by atomic mass is 28.4. The first-order chi connectivity index (χ1) is 18.7. The van der Waals surface area contributed by atoms with Crippen LogP contribution in [0.3, 0.4) is 0 Å². The number of anilines is 2. The molecular formula is C30H37F3N2O4Si. The summed E-state index contributed by atoms with van der Waals surface area (Å²) in [5.41, 5.74) is 2.55. The second-order valence-corrected chi connectivity index (χ2v) is 16.6. The van der Waals surface area contributed by atoms with Gasteiger partial charge < -0.3 is 19.4 Å². The third-order valence-electron chi connectivity index (χ3n) is 7.98. The van der Waals surface area contributed by atoms with E-state index < -0.39 is 20.1 Å². The molecule has 2 heterocycles. The van der Waals surface area contributed by atoms with Crippen molar-refractivity contribution in [3.63, 3.8) is 0 Å². The van der Waals surface area contributed by atoms with Gasteiger partial charge in [0.25, 0.3) is 0 Å². The van der Waals surface area contributed by atoms with Gasteiger partial charge in [0, 0.05) is 36.0 Å². The van der Waals surface area contributed by atoms with Crippen molar-refractivity contribution in [2.24, 2.45) is 0 Å². The minimum absolute atomic E-state index is 0.0187. The molecular weight excluding hydrogens is 537 g/mol. The number of carbonyl (C=O) groups is 2. The first-order valence-corrected chi connectivity index (χ1v) is 16.5. The van der Waals surface area contributed by atoms with Crippen LogP contribution < -0.4 is 15.0 Å². The molecule has 0 fully saturated rings.